The Morgan fingerprint density at radius 3 is 2.34 bits per heavy atom. The molecule has 0 saturated heterocycles. The number of rotatable bonds is 1. The Labute approximate surface area is 187 Å². The van der Waals surface area contributed by atoms with Gasteiger partial charge >= 0.3 is 0 Å². The number of benzene rings is 4. The second kappa shape index (κ2) is 6.64. The van der Waals surface area contributed by atoms with Crippen molar-refractivity contribution in [3.05, 3.63) is 84.7 Å². The van der Waals surface area contributed by atoms with Gasteiger partial charge in [0.15, 0.2) is 0 Å². The van der Waals surface area contributed by atoms with E-state index in [4.69, 9.17) is 4.98 Å². The molecule has 0 aliphatic rings. The zero-order chi connectivity index (χ0) is 22.0. The van der Waals surface area contributed by atoms with Gasteiger partial charge in [0.25, 0.3) is 0 Å². The predicted molar refractivity (Wildman–Crippen MR) is 135 cm³/mol. The Morgan fingerprint density at radius 1 is 0.719 bits per heavy atom. The molecule has 156 valence electrons. The molecule has 0 aliphatic heterocycles. The van der Waals surface area contributed by atoms with Gasteiger partial charge in [0, 0.05) is 23.4 Å². The van der Waals surface area contributed by atoms with E-state index in [0.717, 1.165) is 22.3 Å². The fourth-order valence-electron chi connectivity index (χ4n) is 4.96. The average molecular weight is 416 g/mol. The van der Waals surface area contributed by atoms with Gasteiger partial charge < -0.3 is 4.57 Å². The second-order valence-corrected chi connectivity index (χ2v) is 9.65. The van der Waals surface area contributed by atoms with E-state index in [0.29, 0.717) is 0 Å². The number of fused-ring (bicyclic) bond motifs is 6. The first-order valence-corrected chi connectivity index (χ1v) is 11.1. The highest BCUT2D eigenvalue weighted by Gasteiger charge is 2.19. The first kappa shape index (κ1) is 19.0. The van der Waals surface area contributed by atoms with Gasteiger partial charge in [-0.15, -0.1) is 0 Å². The molecule has 0 aliphatic carbocycles. The van der Waals surface area contributed by atoms with E-state index < -0.39 is 0 Å². The summed E-state index contributed by atoms with van der Waals surface area (Å²) in [6.07, 6.45) is 1.70. The van der Waals surface area contributed by atoms with Crippen LogP contribution in [-0.2, 0) is 12.5 Å². The molecule has 6 aromatic rings. The zero-order valence-electron chi connectivity index (χ0n) is 18.8. The minimum atomic E-state index is 0.114. The van der Waals surface area contributed by atoms with Crippen molar-refractivity contribution in [1.29, 1.82) is 0 Å². The Kier molecular flexibility index (Phi) is 3.94. The van der Waals surface area contributed by atoms with E-state index in [1.807, 2.05) is 0 Å². The van der Waals surface area contributed by atoms with E-state index >= 15 is 0 Å². The van der Waals surface area contributed by atoms with Gasteiger partial charge in [-0.1, -0.05) is 93.6 Å². The van der Waals surface area contributed by atoms with Gasteiger partial charge in [0.2, 0.25) is 0 Å². The molecule has 32 heavy (non-hydrogen) atoms. The maximum absolute atomic E-state index is 4.82. The summed E-state index contributed by atoms with van der Waals surface area (Å²) in [6, 6.07) is 26.3. The van der Waals surface area contributed by atoms with Crippen molar-refractivity contribution in [3.8, 4) is 11.3 Å². The summed E-state index contributed by atoms with van der Waals surface area (Å²) in [7, 11) is 2.10. The number of hydrogen-bond acceptors (Lipinski definition) is 2. The minimum absolute atomic E-state index is 0.114. The summed E-state index contributed by atoms with van der Waals surface area (Å²) in [6.45, 7) is 6.77. The summed E-state index contributed by atoms with van der Waals surface area (Å²) in [5.74, 6) is 0. The highest BCUT2D eigenvalue weighted by Crippen LogP contribution is 2.39. The van der Waals surface area contributed by atoms with Gasteiger partial charge in [-0.25, -0.2) is 9.97 Å². The molecule has 0 N–H and O–H groups in total. The lowest BCUT2D eigenvalue weighted by molar-refractivity contribution is 0.591. The summed E-state index contributed by atoms with van der Waals surface area (Å²) in [5.41, 5.74) is 5.76. The molecule has 0 bridgehead atoms. The standard InChI is InChI=1S/C29H25N3/c1-29(2,3)20-13-15-21-19(16-20)9-7-11-23(21)26-25-24-14-12-18-8-5-6-10-22(18)27(24)32(4)28(25)31-17-30-26/h5-17H,1-4H3. The van der Waals surface area contributed by atoms with Crippen LogP contribution in [0.1, 0.15) is 26.3 Å². The third kappa shape index (κ3) is 2.67. The van der Waals surface area contributed by atoms with E-state index in [9.17, 15) is 0 Å². The molecule has 0 unspecified atom stereocenters. The topological polar surface area (TPSA) is 30.7 Å². The van der Waals surface area contributed by atoms with E-state index in [-0.39, 0.29) is 5.41 Å². The number of hydrogen-bond donors (Lipinski definition) is 0. The number of aryl methyl sites for hydroxylation is 1. The van der Waals surface area contributed by atoms with Crippen molar-refractivity contribution in [1.82, 2.24) is 14.5 Å². The van der Waals surface area contributed by atoms with Gasteiger partial charge in [-0.05, 0) is 27.1 Å². The third-order valence-electron chi connectivity index (χ3n) is 6.65. The van der Waals surface area contributed by atoms with Crippen LogP contribution < -0.4 is 0 Å². The molecular formula is C29H25N3. The molecule has 2 aromatic heterocycles. The van der Waals surface area contributed by atoms with Crippen LogP contribution in [0.2, 0.25) is 0 Å². The van der Waals surface area contributed by atoms with Gasteiger partial charge in [0.1, 0.15) is 12.0 Å². The lowest BCUT2D eigenvalue weighted by Gasteiger charge is -2.20. The Hall–Kier alpha value is -3.72. The molecule has 3 nitrogen and oxygen atoms in total. The third-order valence-corrected chi connectivity index (χ3v) is 6.65. The summed E-state index contributed by atoms with van der Waals surface area (Å²) in [5, 5.41) is 7.25. The fourth-order valence-corrected chi connectivity index (χ4v) is 4.96. The van der Waals surface area contributed by atoms with Crippen LogP contribution >= 0.6 is 0 Å². The van der Waals surface area contributed by atoms with Crippen molar-refractivity contribution >= 4 is 43.5 Å². The second-order valence-electron chi connectivity index (χ2n) is 9.65. The van der Waals surface area contributed by atoms with E-state index in [1.54, 1.807) is 6.33 Å². The molecule has 2 heterocycles. The van der Waals surface area contributed by atoms with Crippen LogP contribution in [0.15, 0.2) is 79.1 Å². The van der Waals surface area contributed by atoms with Crippen LogP contribution in [-0.4, -0.2) is 14.5 Å². The molecule has 0 saturated carbocycles. The zero-order valence-corrected chi connectivity index (χ0v) is 18.8. The number of aromatic nitrogens is 3. The lowest BCUT2D eigenvalue weighted by atomic mass is 9.85. The molecule has 3 heteroatoms. The normalized spacial score (nSPS) is 12.4. The van der Waals surface area contributed by atoms with Crippen molar-refractivity contribution in [2.45, 2.75) is 26.2 Å². The molecule has 0 fully saturated rings. The van der Waals surface area contributed by atoms with Crippen molar-refractivity contribution in [2.75, 3.05) is 0 Å². The quantitative estimate of drug-likeness (QED) is 0.280. The Bertz CT molecular complexity index is 1670. The van der Waals surface area contributed by atoms with Crippen molar-refractivity contribution < 1.29 is 0 Å². The lowest BCUT2D eigenvalue weighted by Crippen LogP contribution is -2.10. The summed E-state index contributed by atoms with van der Waals surface area (Å²) < 4.78 is 2.21. The molecule has 0 radical (unpaired) electrons. The van der Waals surface area contributed by atoms with Crippen molar-refractivity contribution in [2.24, 2.45) is 7.05 Å². The first-order valence-electron chi connectivity index (χ1n) is 11.1. The smallest absolute Gasteiger partial charge is 0.144 e. The minimum Gasteiger partial charge on any atom is -0.328 e. The molecule has 0 amide bonds. The monoisotopic (exact) mass is 415 g/mol. The fraction of sp³-hybridized carbons (Fsp3) is 0.172. The Morgan fingerprint density at radius 2 is 1.50 bits per heavy atom. The Balaban J connectivity index is 1.71. The summed E-state index contributed by atoms with van der Waals surface area (Å²) >= 11 is 0. The SMILES string of the molecule is Cn1c2ncnc(-c3cccc4cc(C(C)(C)C)ccc34)c2c2ccc3ccccc3c21. The highest BCUT2D eigenvalue weighted by molar-refractivity contribution is 6.21. The van der Waals surface area contributed by atoms with Gasteiger partial charge in [0.05, 0.1) is 16.6 Å². The van der Waals surface area contributed by atoms with Crippen molar-refractivity contribution in [3.63, 3.8) is 0 Å². The van der Waals surface area contributed by atoms with Crippen LogP contribution in [0, 0.1) is 0 Å². The molecule has 4 aromatic carbocycles. The molecule has 6 rings (SSSR count). The molecular weight excluding hydrogens is 390 g/mol. The number of nitrogens with zero attached hydrogens (tertiary/aromatic N) is 3. The first-order chi connectivity index (χ1) is 15.4. The largest absolute Gasteiger partial charge is 0.328 e. The highest BCUT2D eigenvalue weighted by atomic mass is 15.0. The van der Waals surface area contributed by atoms with E-state index in [1.165, 1.54) is 38.0 Å². The molecule has 0 spiro atoms. The van der Waals surface area contributed by atoms with Crippen LogP contribution in [0.4, 0.5) is 0 Å². The molecule has 0 atom stereocenters. The predicted octanol–water partition coefficient (Wildman–Crippen LogP) is 7.39. The van der Waals surface area contributed by atoms with Crippen LogP contribution in [0.3, 0.4) is 0 Å². The maximum atomic E-state index is 4.82. The maximum Gasteiger partial charge on any atom is 0.144 e. The summed E-state index contributed by atoms with van der Waals surface area (Å²) in [4.78, 5) is 9.51. The van der Waals surface area contributed by atoms with Crippen LogP contribution in [0.25, 0.3) is 54.7 Å². The van der Waals surface area contributed by atoms with E-state index in [2.05, 4.69) is 110 Å². The average Bonchev–Trinajstić information content (AvgIpc) is 3.10. The van der Waals surface area contributed by atoms with Gasteiger partial charge in [-0.3, -0.25) is 0 Å². The van der Waals surface area contributed by atoms with Crippen LogP contribution in [0.5, 0.6) is 0 Å². The van der Waals surface area contributed by atoms with Gasteiger partial charge in [-0.2, -0.15) is 0 Å².